The van der Waals surface area contributed by atoms with E-state index in [4.69, 9.17) is 5.73 Å². The molecule has 4 heteroatoms. The van der Waals surface area contributed by atoms with Crippen molar-refractivity contribution in [1.29, 1.82) is 0 Å². The minimum absolute atomic E-state index is 0.650. The molecule has 0 saturated heterocycles. The normalized spacial score (nSPS) is 10.7. The second-order valence-corrected chi connectivity index (χ2v) is 4.68. The second-order valence-electron chi connectivity index (χ2n) is 3.82. The Morgan fingerprint density at radius 3 is 2.50 bits per heavy atom. The van der Waals surface area contributed by atoms with Crippen LogP contribution in [0.5, 0.6) is 0 Å². The van der Waals surface area contributed by atoms with Crippen molar-refractivity contribution in [2.75, 3.05) is 6.54 Å². The van der Waals surface area contributed by atoms with E-state index < -0.39 is 0 Å². The molecule has 3 nitrogen and oxygen atoms in total. The van der Waals surface area contributed by atoms with Crippen molar-refractivity contribution in [1.82, 2.24) is 9.97 Å². The van der Waals surface area contributed by atoms with E-state index in [1.54, 1.807) is 11.3 Å². The third-order valence-corrected chi connectivity index (χ3v) is 3.22. The minimum atomic E-state index is 0.650. The van der Waals surface area contributed by atoms with Gasteiger partial charge in [0.05, 0.1) is 5.69 Å². The maximum absolute atomic E-state index is 5.51. The van der Waals surface area contributed by atoms with Crippen molar-refractivity contribution < 1.29 is 0 Å². The number of hydrogen-bond acceptors (Lipinski definition) is 4. The van der Waals surface area contributed by atoms with Gasteiger partial charge in [0.15, 0.2) is 0 Å². The monoisotopic (exact) mass is 233 g/mol. The smallest absolute Gasteiger partial charge is 0.123 e. The molecular weight excluding hydrogens is 218 g/mol. The molecule has 0 spiro atoms. The van der Waals surface area contributed by atoms with Crippen LogP contribution in [0.25, 0.3) is 10.6 Å². The molecule has 0 atom stereocenters. The summed E-state index contributed by atoms with van der Waals surface area (Å²) in [6.45, 7) is 4.66. The van der Waals surface area contributed by atoms with Crippen LogP contribution >= 0.6 is 11.3 Å². The van der Waals surface area contributed by atoms with Crippen LogP contribution in [0.3, 0.4) is 0 Å². The highest BCUT2D eigenvalue weighted by atomic mass is 32.1. The predicted octanol–water partition coefficient (Wildman–Crippen LogP) is 2.32. The van der Waals surface area contributed by atoms with Gasteiger partial charge in [0, 0.05) is 28.8 Å². The molecule has 2 rings (SSSR count). The zero-order valence-electron chi connectivity index (χ0n) is 9.53. The van der Waals surface area contributed by atoms with Crippen molar-refractivity contribution in [3.63, 3.8) is 0 Å². The number of hydrogen-bond donors (Lipinski definition) is 1. The summed E-state index contributed by atoms with van der Waals surface area (Å²) in [6, 6.07) is 4.14. The first-order valence-corrected chi connectivity index (χ1v) is 6.17. The molecule has 2 aromatic heterocycles. The SMILES string of the molecule is Cc1cc(-c2nc(CCN)cs2)cc(C)n1. The van der Waals surface area contributed by atoms with Gasteiger partial charge >= 0.3 is 0 Å². The minimum Gasteiger partial charge on any atom is -0.330 e. The molecule has 2 aromatic rings. The first-order chi connectivity index (χ1) is 7.69. The molecule has 0 aliphatic carbocycles. The van der Waals surface area contributed by atoms with Gasteiger partial charge in [-0.15, -0.1) is 11.3 Å². The Morgan fingerprint density at radius 2 is 1.88 bits per heavy atom. The molecule has 2 N–H and O–H groups in total. The lowest BCUT2D eigenvalue weighted by molar-refractivity contribution is 0.936. The Balaban J connectivity index is 2.34. The fraction of sp³-hybridized carbons (Fsp3) is 0.333. The first-order valence-electron chi connectivity index (χ1n) is 5.29. The summed E-state index contributed by atoms with van der Waals surface area (Å²) < 4.78 is 0. The van der Waals surface area contributed by atoms with Crippen molar-refractivity contribution >= 4 is 11.3 Å². The van der Waals surface area contributed by atoms with E-state index in [-0.39, 0.29) is 0 Å². The van der Waals surface area contributed by atoms with Crippen molar-refractivity contribution in [3.05, 3.63) is 34.6 Å². The summed E-state index contributed by atoms with van der Waals surface area (Å²) in [4.78, 5) is 8.92. The molecule has 2 heterocycles. The van der Waals surface area contributed by atoms with E-state index in [1.165, 1.54) is 0 Å². The third-order valence-electron chi connectivity index (χ3n) is 2.28. The lowest BCUT2D eigenvalue weighted by Gasteiger charge is -2.00. The molecule has 0 saturated carbocycles. The van der Waals surface area contributed by atoms with Gasteiger partial charge in [0.1, 0.15) is 5.01 Å². The standard InChI is InChI=1S/C12H15N3S/c1-8-5-10(6-9(2)14-8)12-15-11(3-4-13)7-16-12/h5-7H,3-4,13H2,1-2H3. The van der Waals surface area contributed by atoms with Gasteiger partial charge < -0.3 is 5.73 Å². The van der Waals surface area contributed by atoms with Crippen LogP contribution in [-0.4, -0.2) is 16.5 Å². The van der Waals surface area contributed by atoms with Gasteiger partial charge in [0.25, 0.3) is 0 Å². The average Bonchev–Trinajstić information content (AvgIpc) is 2.65. The molecule has 84 valence electrons. The van der Waals surface area contributed by atoms with Gasteiger partial charge in [-0.2, -0.15) is 0 Å². The third kappa shape index (κ3) is 2.46. The quantitative estimate of drug-likeness (QED) is 0.885. The van der Waals surface area contributed by atoms with E-state index in [1.807, 2.05) is 13.8 Å². The van der Waals surface area contributed by atoms with E-state index in [0.29, 0.717) is 6.54 Å². The van der Waals surface area contributed by atoms with E-state index in [2.05, 4.69) is 27.5 Å². The number of rotatable bonds is 3. The number of nitrogens with two attached hydrogens (primary N) is 1. The lowest BCUT2D eigenvalue weighted by Crippen LogP contribution is -2.02. The maximum atomic E-state index is 5.51. The number of pyridine rings is 1. The summed E-state index contributed by atoms with van der Waals surface area (Å²) >= 11 is 1.67. The van der Waals surface area contributed by atoms with Crippen LogP contribution in [0.4, 0.5) is 0 Å². The van der Waals surface area contributed by atoms with Gasteiger partial charge in [-0.05, 0) is 32.5 Å². The summed E-state index contributed by atoms with van der Waals surface area (Å²) in [5, 5.41) is 3.13. The number of aryl methyl sites for hydroxylation is 2. The van der Waals surface area contributed by atoms with Crippen LogP contribution in [0, 0.1) is 13.8 Å². The van der Waals surface area contributed by atoms with E-state index in [9.17, 15) is 0 Å². The van der Waals surface area contributed by atoms with Gasteiger partial charge in [-0.1, -0.05) is 0 Å². The Kier molecular flexibility index (Phi) is 3.31. The Morgan fingerprint density at radius 1 is 1.19 bits per heavy atom. The lowest BCUT2D eigenvalue weighted by atomic mass is 10.2. The molecule has 0 unspecified atom stereocenters. The highest BCUT2D eigenvalue weighted by Crippen LogP contribution is 2.24. The summed E-state index contributed by atoms with van der Waals surface area (Å²) in [6.07, 6.45) is 0.847. The highest BCUT2D eigenvalue weighted by molar-refractivity contribution is 7.13. The number of nitrogens with zero attached hydrogens (tertiary/aromatic N) is 2. The molecule has 0 fully saturated rings. The van der Waals surface area contributed by atoms with E-state index in [0.717, 1.165) is 34.1 Å². The molecule has 0 aliphatic rings. The topological polar surface area (TPSA) is 51.8 Å². The summed E-state index contributed by atoms with van der Waals surface area (Å²) in [7, 11) is 0. The zero-order valence-corrected chi connectivity index (χ0v) is 10.3. The van der Waals surface area contributed by atoms with Gasteiger partial charge in [0.2, 0.25) is 0 Å². The van der Waals surface area contributed by atoms with E-state index >= 15 is 0 Å². The largest absolute Gasteiger partial charge is 0.330 e. The Labute approximate surface area is 99.4 Å². The maximum Gasteiger partial charge on any atom is 0.123 e. The first kappa shape index (κ1) is 11.2. The Hall–Kier alpha value is -1.26. The molecular formula is C12H15N3S. The second kappa shape index (κ2) is 4.72. The average molecular weight is 233 g/mol. The van der Waals surface area contributed by atoms with Gasteiger partial charge in [-0.25, -0.2) is 4.98 Å². The molecule has 0 aromatic carbocycles. The molecule has 16 heavy (non-hydrogen) atoms. The number of aromatic nitrogens is 2. The highest BCUT2D eigenvalue weighted by Gasteiger charge is 2.05. The molecule has 0 radical (unpaired) electrons. The van der Waals surface area contributed by atoms with Crippen LogP contribution in [0.1, 0.15) is 17.1 Å². The molecule has 0 amide bonds. The van der Waals surface area contributed by atoms with Crippen LogP contribution in [0.15, 0.2) is 17.5 Å². The summed E-state index contributed by atoms with van der Waals surface area (Å²) in [5.74, 6) is 0. The Bertz CT molecular complexity index is 471. The fourth-order valence-electron chi connectivity index (χ4n) is 1.66. The zero-order chi connectivity index (χ0) is 11.5. The molecule has 0 bridgehead atoms. The fourth-order valence-corrected chi connectivity index (χ4v) is 2.50. The predicted molar refractivity (Wildman–Crippen MR) is 67.6 cm³/mol. The van der Waals surface area contributed by atoms with Gasteiger partial charge in [-0.3, -0.25) is 4.98 Å². The van der Waals surface area contributed by atoms with Crippen LogP contribution in [-0.2, 0) is 6.42 Å². The number of thiazole rings is 1. The van der Waals surface area contributed by atoms with Crippen molar-refractivity contribution in [2.24, 2.45) is 5.73 Å². The van der Waals surface area contributed by atoms with Crippen molar-refractivity contribution in [2.45, 2.75) is 20.3 Å². The summed E-state index contributed by atoms with van der Waals surface area (Å²) in [5.41, 5.74) is 9.81. The van der Waals surface area contributed by atoms with Crippen molar-refractivity contribution in [3.8, 4) is 10.6 Å². The van der Waals surface area contributed by atoms with Crippen LogP contribution < -0.4 is 5.73 Å². The van der Waals surface area contributed by atoms with Crippen LogP contribution in [0.2, 0.25) is 0 Å². The molecule has 0 aliphatic heterocycles.